The Bertz CT molecular complexity index is 1460. The van der Waals surface area contributed by atoms with Gasteiger partial charge in [-0.25, -0.2) is 8.78 Å². The van der Waals surface area contributed by atoms with Crippen LogP contribution in [-0.4, -0.2) is 11.6 Å². The van der Waals surface area contributed by atoms with E-state index in [0.717, 1.165) is 10.8 Å². The zero-order valence-corrected chi connectivity index (χ0v) is 16.1. The maximum absolute atomic E-state index is 13.2. The lowest BCUT2D eigenvalue weighted by Gasteiger charge is -2.02. The number of furan rings is 1. The first kappa shape index (κ1) is 18.9. The standard InChI is InChI=1S/C26H14F2O3/c27-18-9-4-15(5-10-18)24(29)17-8-13-20-21-2-1-3-22(26(21)31-23(20)14-17)25(30)16-6-11-19(28)12-7-16/h1-14H. The lowest BCUT2D eigenvalue weighted by atomic mass is 9.99. The summed E-state index contributed by atoms with van der Waals surface area (Å²) in [5, 5.41) is 1.50. The topological polar surface area (TPSA) is 47.3 Å². The highest BCUT2D eigenvalue weighted by molar-refractivity contribution is 6.19. The van der Waals surface area contributed by atoms with Crippen LogP contribution in [0, 0.1) is 11.6 Å². The van der Waals surface area contributed by atoms with Crippen LogP contribution in [0.25, 0.3) is 21.9 Å². The van der Waals surface area contributed by atoms with Gasteiger partial charge in [0.15, 0.2) is 11.6 Å². The van der Waals surface area contributed by atoms with Crippen LogP contribution in [0.15, 0.2) is 89.3 Å². The van der Waals surface area contributed by atoms with Crippen LogP contribution in [0.2, 0.25) is 0 Å². The van der Waals surface area contributed by atoms with Gasteiger partial charge in [0.2, 0.25) is 0 Å². The SMILES string of the molecule is O=C(c1ccc(F)cc1)c1ccc2c(c1)oc1c(C(=O)c3ccc(F)cc3)cccc12. The van der Waals surface area contributed by atoms with E-state index in [1.165, 1.54) is 48.5 Å². The van der Waals surface area contributed by atoms with Crippen molar-refractivity contribution in [2.45, 2.75) is 0 Å². The van der Waals surface area contributed by atoms with Crippen LogP contribution in [0.4, 0.5) is 8.78 Å². The van der Waals surface area contributed by atoms with Gasteiger partial charge in [0.25, 0.3) is 0 Å². The average molecular weight is 412 g/mol. The number of para-hydroxylation sites is 1. The third-order valence-corrected chi connectivity index (χ3v) is 5.22. The molecule has 0 radical (unpaired) electrons. The normalized spacial score (nSPS) is 11.2. The highest BCUT2D eigenvalue weighted by atomic mass is 19.1. The Morgan fingerprint density at radius 3 is 1.84 bits per heavy atom. The fraction of sp³-hybridized carbons (Fsp3) is 0. The maximum Gasteiger partial charge on any atom is 0.196 e. The van der Waals surface area contributed by atoms with Gasteiger partial charge in [-0.3, -0.25) is 9.59 Å². The van der Waals surface area contributed by atoms with Crippen molar-refractivity contribution in [3.05, 3.63) is 119 Å². The summed E-state index contributed by atoms with van der Waals surface area (Å²) in [5.74, 6) is -1.38. The minimum absolute atomic E-state index is 0.259. The molecule has 0 saturated carbocycles. The summed E-state index contributed by atoms with van der Waals surface area (Å²) < 4.78 is 32.4. The summed E-state index contributed by atoms with van der Waals surface area (Å²) in [4.78, 5) is 25.7. The molecule has 0 aliphatic carbocycles. The molecule has 0 fully saturated rings. The zero-order chi connectivity index (χ0) is 21.5. The van der Waals surface area contributed by atoms with Crippen molar-refractivity contribution in [2.75, 3.05) is 0 Å². The fourth-order valence-corrected chi connectivity index (χ4v) is 3.64. The van der Waals surface area contributed by atoms with Crippen LogP contribution in [0.5, 0.6) is 0 Å². The van der Waals surface area contributed by atoms with Crippen molar-refractivity contribution >= 4 is 33.5 Å². The van der Waals surface area contributed by atoms with Crippen LogP contribution in [-0.2, 0) is 0 Å². The Kier molecular flexibility index (Phi) is 4.44. The Balaban J connectivity index is 1.60. The molecule has 0 N–H and O–H groups in total. The highest BCUT2D eigenvalue weighted by Gasteiger charge is 2.19. The molecule has 0 amide bonds. The maximum atomic E-state index is 13.2. The second-order valence-electron chi connectivity index (χ2n) is 7.17. The second kappa shape index (κ2) is 7.29. The molecule has 0 bridgehead atoms. The zero-order valence-electron chi connectivity index (χ0n) is 16.1. The van der Waals surface area contributed by atoms with Gasteiger partial charge in [0, 0.05) is 27.5 Å². The van der Waals surface area contributed by atoms with Gasteiger partial charge in [0.05, 0.1) is 5.56 Å². The lowest BCUT2D eigenvalue weighted by Crippen LogP contribution is -2.01. The van der Waals surface area contributed by atoms with Gasteiger partial charge in [-0.1, -0.05) is 18.2 Å². The smallest absolute Gasteiger partial charge is 0.196 e. The van der Waals surface area contributed by atoms with Crippen molar-refractivity contribution in [1.29, 1.82) is 0 Å². The number of fused-ring (bicyclic) bond motifs is 3. The summed E-state index contributed by atoms with van der Waals surface area (Å²) >= 11 is 0. The Morgan fingerprint density at radius 2 is 1.19 bits per heavy atom. The molecule has 4 aromatic carbocycles. The number of hydrogen-bond acceptors (Lipinski definition) is 3. The van der Waals surface area contributed by atoms with Gasteiger partial charge >= 0.3 is 0 Å². The van der Waals surface area contributed by atoms with Crippen LogP contribution in [0.1, 0.15) is 31.8 Å². The molecular weight excluding hydrogens is 398 g/mol. The summed E-state index contributed by atoms with van der Waals surface area (Å²) in [6.07, 6.45) is 0. The molecule has 5 heteroatoms. The van der Waals surface area contributed by atoms with Crippen LogP contribution < -0.4 is 0 Å². The molecule has 3 nitrogen and oxygen atoms in total. The van der Waals surface area contributed by atoms with E-state index in [4.69, 9.17) is 4.42 Å². The predicted molar refractivity (Wildman–Crippen MR) is 113 cm³/mol. The van der Waals surface area contributed by atoms with Gasteiger partial charge in [-0.15, -0.1) is 0 Å². The summed E-state index contributed by atoms with van der Waals surface area (Å²) in [5.41, 5.74) is 2.32. The van der Waals surface area contributed by atoms with Gasteiger partial charge in [0.1, 0.15) is 22.8 Å². The van der Waals surface area contributed by atoms with E-state index in [2.05, 4.69) is 0 Å². The molecule has 0 aliphatic rings. The van der Waals surface area contributed by atoms with Crippen molar-refractivity contribution < 1.29 is 22.8 Å². The molecule has 5 rings (SSSR count). The first-order valence-electron chi connectivity index (χ1n) is 9.57. The van der Waals surface area contributed by atoms with Crippen LogP contribution >= 0.6 is 0 Å². The molecular formula is C26H14F2O3. The number of carbonyl (C=O) groups excluding carboxylic acids is 2. The van der Waals surface area contributed by atoms with E-state index < -0.39 is 11.6 Å². The van der Waals surface area contributed by atoms with Gasteiger partial charge in [-0.2, -0.15) is 0 Å². The molecule has 1 aromatic heterocycles. The number of hydrogen-bond donors (Lipinski definition) is 0. The van der Waals surface area contributed by atoms with Crippen molar-refractivity contribution in [3.63, 3.8) is 0 Å². The number of carbonyl (C=O) groups is 2. The highest BCUT2D eigenvalue weighted by Crippen LogP contribution is 2.33. The number of rotatable bonds is 4. The lowest BCUT2D eigenvalue weighted by molar-refractivity contribution is 0.103. The molecule has 1 heterocycles. The number of ketones is 2. The minimum atomic E-state index is -0.420. The number of benzene rings is 4. The predicted octanol–water partition coefficient (Wildman–Crippen LogP) is 6.33. The van der Waals surface area contributed by atoms with Gasteiger partial charge < -0.3 is 4.42 Å². The van der Waals surface area contributed by atoms with E-state index in [1.54, 1.807) is 30.3 Å². The number of halogens is 2. The summed E-state index contributed by atoms with van der Waals surface area (Å²) in [6.45, 7) is 0. The fourth-order valence-electron chi connectivity index (χ4n) is 3.64. The average Bonchev–Trinajstić information content (AvgIpc) is 3.17. The molecule has 0 atom stereocenters. The summed E-state index contributed by atoms with van der Waals surface area (Å²) in [6, 6.07) is 21.0. The third-order valence-electron chi connectivity index (χ3n) is 5.22. The van der Waals surface area contributed by atoms with Crippen molar-refractivity contribution in [2.24, 2.45) is 0 Å². The molecule has 31 heavy (non-hydrogen) atoms. The summed E-state index contributed by atoms with van der Waals surface area (Å²) in [7, 11) is 0. The van der Waals surface area contributed by atoms with E-state index in [9.17, 15) is 18.4 Å². The van der Waals surface area contributed by atoms with E-state index in [-0.39, 0.29) is 11.6 Å². The molecule has 150 valence electrons. The van der Waals surface area contributed by atoms with E-state index in [1.807, 2.05) is 6.07 Å². The first-order valence-corrected chi connectivity index (χ1v) is 9.57. The third kappa shape index (κ3) is 3.30. The molecule has 0 spiro atoms. The monoisotopic (exact) mass is 412 g/mol. The largest absolute Gasteiger partial charge is 0.455 e. The quantitative estimate of drug-likeness (QED) is 0.324. The first-order chi connectivity index (χ1) is 15.0. The molecule has 0 saturated heterocycles. The van der Waals surface area contributed by atoms with E-state index in [0.29, 0.717) is 33.4 Å². The molecule has 0 aliphatic heterocycles. The van der Waals surface area contributed by atoms with Crippen LogP contribution in [0.3, 0.4) is 0 Å². The Morgan fingerprint density at radius 1 is 0.613 bits per heavy atom. The second-order valence-corrected chi connectivity index (χ2v) is 7.17. The van der Waals surface area contributed by atoms with Crippen molar-refractivity contribution in [1.82, 2.24) is 0 Å². The van der Waals surface area contributed by atoms with Gasteiger partial charge in [-0.05, 0) is 66.7 Å². The Labute approximate surface area is 175 Å². The van der Waals surface area contributed by atoms with Crippen molar-refractivity contribution in [3.8, 4) is 0 Å². The minimum Gasteiger partial charge on any atom is -0.455 e. The molecule has 5 aromatic rings. The Hall–Kier alpha value is -4.12. The molecule has 0 unspecified atom stereocenters. The van der Waals surface area contributed by atoms with E-state index >= 15 is 0 Å².